The van der Waals surface area contributed by atoms with Crippen molar-refractivity contribution in [2.75, 3.05) is 31.6 Å². The molecule has 0 aliphatic carbocycles. The number of phenolic OH excluding ortho intramolecular Hbond substituents is 1. The van der Waals surface area contributed by atoms with E-state index in [2.05, 4.69) is 20.1 Å². The van der Waals surface area contributed by atoms with Crippen LogP contribution in [0.2, 0.25) is 0 Å². The van der Waals surface area contributed by atoms with Crippen LogP contribution < -0.4 is 4.90 Å². The Morgan fingerprint density at radius 1 is 1.13 bits per heavy atom. The lowest BCUT2D eigenvalue weighted by Gasteiger charge is -2.36. The molecule has 2 fully saturated rings. The largest absolute Gasteiger partial charge is 0.507 e. The maximum absolute atomic E-state index is 13.8. The van der Waals surface area contributed by atoms with E-state index in [-0.39, 0.29) is 17.6 Å². The summed E-state index contributed by atoms with van der Waals surface area (Å²) in [5.74, 6) is -0.313. The molecule has 1 N–H and O–H groups in total. The number of anilines is 1. The van der Waals surface area contributed by atoms with Gasteiger partial charge in [0.25, 0.3) is 6.43 Å². The number of piperidine rings is 1. The number of halogens is 5. The van der Waals surface area contributed by atoms with Gasteiger partial charge in [0.15, 0.2) is 0 Å². The highest BCUT2D eigenvalue weighted by Crippen LogP contribution is 2.39. The standard InChI is InChI=1S/C19H20F5N5O/c1-28-6-4-10-5-7-29(13(10)9-28)18-25-16(17(20)21)15(26-27-18)12-3-2-11(8-14(12)30)19(22,23)24/h2-3,8,10,13,17,30H,4-7,9H2,1H3/t10-,13-/m1/s1. The molecule has 11 heteroatoms. The van der Waals surface area contributed by atoms with E-state index in [1.54, 1.807) is 0 Å². The summed E-state index contributed by atoms with van der Waals surface area (Å²) in [6, 6.07) is 2.17. The number of aromatic nitrogens is 3. The third-order valence-electron chi connectivity index (χ3n) is 5.81. The van der Waals surface area contributed by atoms with Gasteiger partial charge in [0.05, 0.1) is 5.56 Å². The number of hydrogen-bond acceptors (Lipinski definition) is 6. The summed E-state index contributed by atoms with van der Waals surface area (Å²) in [7, 11) is 1.99. The minimum absolute atomic E-state index is 0.0725. The van der Waals surface area contributed by atoms with Gasteiger partial charge in [-0.15, -0.1) is 10.2 Å². The van der Waals surface area contributed by atoms with Crippen LogP contribution in [-0.4, -0.2) is 57.9 Å². The van der Waals surface area contributed by atoms with Crippen LogP contribution in [0.15, 0.2) is 18.2 Å². The predicted molar refractivity (Wildman–Crippen MR) is 98.2 cm³/mol. The van der Waals surface area contributed by atoms with E-state index < -0.39 is 35.3 Å². The molecule has 3 heterocycles. The van der Waals surface area contributed by atoms with Crippen molar-refractivity contribution in [3.05, 3.63) is 29.5 Å². The fraction of sp³-hybridized carbons (Fsp3) is 0.526. The third-order valence-corrected chi connectivity index (χ3v) is 5.81. The zero-order valence-corrected chi connectivity index (χ0v) is 16.1. The van der Waals surface area contributed by atoms with E-state index in [9.17, 15) is 27.1 Å². The zero-order chi connectivity index (χ0) is 21.6. The number of rotatable bonds is 3. The van der Waals surface area contributed by atoms with Crippen LogP contribution >= 0.6 is 0 Å². The molecule has 4 rings (SSSR count). The van der Waals surface area contributed by atoms with Gasteiger partial charge in [-0.05, 0) is 50.6 Å². The van der Waals surface area contributed by atoms with Crippen LogP contribution in [0.3, 0.4) is 0 Å². The van der Waals surface area contributed by atoms with Crippen LogP contribution in [0.5, 0.6) is 5.75 Å². The first-order chi connectivity index (χ1) is 14.1. The number of phenols is 1. The number of nitrogens with zero attached hydrogens (tertiary/aromatic N) is 5. The molecule has 162 valence electrons. The van der Waals surface area contributed by atoms with E-state index in [1.165, 1.54) is 0 Å². The summed E-state index contributed by atoms with van der Waals surface area (Å²) in [6.07, 6.45) is -5.80. The number of benzene rings is 1. The first kappa shape index (κ1) is 20.7. The topological polar surface area (TPSA) is 65.4 Å². The van der Waals surface area contributed by atoms with Crippen molar-refractivity contribution >= 4 is 5.95 Å². The molecule has 2 aromatic rings. The maximum atomic E-state index is 13.8. The van der Waals surface area contributed by atoms with Crippen molar-refractivity contribution in [2.45, 2.75) is 31.5 Å². The van der Waals surface area contributed by atoms with E-state index in [4.69, 9.17) is 0 Å². The SMILES string of the molecule is CN1CC[C@@H]2CCN(c3nnc(-c4ccc(C(F)(F)F)cc4O)c(C(F)F)n3)[C@@H]2C1. The summed E-state index contributed by atoms with van der Waals surface area (Å²) in [5, 5.41) is 17.8. The summed E-state index contributed by atoms with van der Waals surface area (Å²) in [6.45, 7) is 2.36. The molecule has 2 atom stereocenters. The molecule has 0 spiro atoms. The molecule has 0 unspecified atom stereocenters. The number of aromatic hydroxyl groups is 1. The normalized spacial score (nSPS) is 22.6. The number of alkyl halides is 5. The van der Waals surface area contributed by atoms with Crippen LogP contribution in [0.25, 0.3) is 11.3 Å². The van der Waals surface area contributed by atoms with Crippen molar-refractivity contribution < 1.29 is 27.1 Å². The maximum Gasteiger partial charge on any atom is 0.416 e. The molecule has 2 saturated heterocycles. The van der Waals surface area contributed by atoms with Gasteiger partial charge in [-0.2, -0.15) is 13.2 Å². The quantitative estimate of drug-likeness (QED) is 0.751. The van der Waals surface area contributed by atoms with Gasteiger partial charge in [0.1, 0.15) is 17.1 Å². The minimum Gasteiger partial charge on any atom is -0.507 e. The number of likely N-dealkylation sites (N-methyl/N-ethyl adjacent to an activating group) is 1. The number of hydrogen-bond donors (Lipinski definition) is 1. The Morgan fingerprint density at radius 3 is 2.53 bits per heavy atom. The van der Waals surface area contributed by atoms with Crippen LogP contribution in [0.4, 0.5) is 27.9 Å². The van der Waals surface area contributed by atoms with Gasteiger partial charge in [-0.1, -0.05) is 0 Å². The van der Waals surface area contributed by atoms with Gasteiger partial charge < -0.3 is 14.9 Å². The van der Waals surface area contributed by atoms with Crippen molar-refractivity contribution in [3.8, 4) is 17.0 Å². The zero-order valence-electron chi connectivity index (χ0n) is 16.1. The second kappa shape index (κ2) is 7.60. The lowest BCUT2D eigenvalue weighted by atomic mass is 9.92. The van der Waals surface area contributed by atoms with Crippen molar-refractivity contribution in [2.24, 2.45) is 5.92 Å². The van der Waals surface area contributed by atoms with Crippen LogP contribution in [0.1, 0.15) is 30.5 Å². The first-order valence-corrected chi connectivity index (χ1v) is 9.53. The lowest BCUT2D eigenvalue weighted by Crippen LogP contribution is -2.47. The second-order valence-electron chi connectivity index (χ2n) is 7.74. The Labute approximate surface area is 169 Å². The van der Waals surface area contributed by atoms with Gasteiger partial charge in [-0.3, -0.25) is 0 Å². The van der Waals surface area contributed by atoms with Crippen LogP contribution in [-0.2, 0) is 6.18 Å². The highest BCUT2D eigenvalue weighted by molar-refractivity contribution is 5.69. The van der Waals surface area contributed by atoms with E-state index in [0.29, 0.717) is 24.6 Å². The Balaban J connectivity index is 1.70. The molecule has 0 bridgehead atoms. The van der Waals surface area contributed by atoms with Gasteiger partial charge in [-0.25, -0.2) is 13.8 Å². The van der Waals surface area contributed by atoms with Crippen molar-refractivity contribution in [3.63, 3.8) is 0 Å². The smallest absolute Gasteiger partial charge is 0.416 e. The monoisotopic (exact) mass is 429 g/mol. The van der Waals surface area contributed by atoms with Gasteiger partial charge in [0.2, 0.25) is 5.95 Å². The minimum atomic E-state index is -4.67. The molecule has 0 amide bonds. The van der Waals surface area contributed by atoms with E-state index in [0.717, 1.165) is 32.0 Å². The van der Waals surface area contributed by atoms with E-state index >= 15 is 0 Å². The molecule has 1 aromatic carbocycles. The van der Waals surface area contributed by atoms with Crippen LogP contribution in [0, 0.1) is 5.92 Å². The molecule has 0 saturated carbocycles. The number of fused-ring (bicyclic) bond motifs is 1. The third kappa shape index (κ3) is 3.78. The predicted octanol–water partition coefficient (Wildman–Crippen LogP) is 3.73. The highest BCUT2D eigenvalue weighted by atomic mass is 19.4. The molecule has 30 heavy (non-hydrogen) atoms. The number of likely N-dealkylation sites (tertiary alicyclic amines) is 1. The Kier molecular flexibility index (Phi) is 5.25. The lowest BCUT2D eigenvalue weighted by molar-refractivity contribution is -0.137. The molecule has 2 aliphatic heterocycles. The summed E-state index contributed by atoms with van der Waals surface area (Å²) >= 11 is 0. The summed E-state index contributed by atoms with van der Waals surface area (Å²) < 4.78 is 66.0. The fourth-order valence-electron chi connectivity index (χ4n) is 4.25. The summed E-state index contributed by atoms with van der Waals surface area (Å²) in [5.41, 5.74) is -2.52. The van der Waals surface area contributed by atoms with Gasteiger partial charge in [0, 0.05) is 24.7 Å². The van der Waals surface area contributed by atoms with Crippen molar-refractivity contribution in [1.29, 1.82) is 0 Å². The van der Waals surface area contributed by atoms with Gasteiger partial charge >= 0.3 is 6.18 Å². The second-order valence-corrected chi connectivity index (χ2v) is 7.74. The molecule has 0 radical (unpaired) electrons. The van der Waals surface area contributed by atoms with Crippen molar-refractivity contribution in [1.82, 2.24) is 20.1 Å². The average Bonchev–Trinajstić information content (AvgIpc) is 3.09. The molecule has 1 aromatic heterocycles. The first-order valence-electron chi connectivity index (χ1n) is 9.53. The summed E-state index contributed by atoms with van der Waals surface area (Å²) in [4.78, 5) is 8.04. The van der Waals surface area contributed by atoms with E-state index in [1.807, 2.05) is 11.9 Å². The fourth-order valence-corrected chi connectivity index (χ4v) is 4.25. The molecular weight excluding hydrogens is 409 g/mol. The Bertz CT molecular complexity index is 938. The average molecular weight is 429 g/mol. The highest BCUT2D eigenvalue weighted by Gasteiger charge is 2.39. The molecular formula is C19H20F5N5O. The Morgan fingerprint density at radius 2 is 1.87 bits per heavy atom. The Hall–Kier alpha value is -2.56. The molecule has 2 aliphatic rings. The molecule has 6 nitrogen and oxygen atoms in total.